The van der Waals surface area contributed by atoms with Gasteiger partial charge in [0.2, 0.25) is 0 Å². The lowest BCUT2D eigenvalue weighted by Crippen LogP contribution is -2.01. The number of hydrogen-bond acceptors (Lipinski definition) is 4. The van der Waals surface area contributed by atoms with Gasteiger partial charge in [0.15, 0.2) is 0 Å². The number of ether oxygens (including phenoxy) is 2. The van der Waals surface area contributed by atoms with Gasteiger partial charge in [0, 0.05) is 6.07 Å². The van der Waals surface area contributed by atoms with Crippen molar-refractivity contribution in [2.24, 2.45) is 0 Å². The second-order valence-corrected chi connectivity index (χ2v) is 7.07. The zero-order chi connectivity index (χ0) is 20.8. The van der Waals surface area contributed by atoms with Gasteiger partial charge in [-0.05, 0) is 85.0 Å². The monoisotopic (exact) mass is 382 g/mol. The van der Waals surface area contributed by atoms with Gasteiger partial charge in [0.05, 0.1) is 23.3 Å². The van der Waals surface area contributed by atoms with Crippen molar-refractivity contribution < 1.29 is 9.47 Å². The molecule has 0 spiro atoms. The first-order chi connectivity index (χ1) is 14.0. The van der Waals surface area contributed by atoms with E-state index in [2.05, 4.69) is 12.1 Å². The Bertz CT molecular complexity index is 1030. The fourth-order valence-corrected chi connectivity index (χ4v) is 3.06. The highest BCUT2D eigenvalue weighted by Gasteiger charge is 2.06. The summed E-state index contributed by atoms with van der Waals surface area (Å²) >= 11 is 0. The van der Waals surface area contributed by atoms with Gasteiger partial charge in [-0.2, -0.15) is 10.5 Å². The maximum Gasteiger partial charge on any atom is 0.123 e. The molecule has 29 heavy (non-hydrogen) atoms. The largest absolute Gasteiger partial charge is 0.489 e. The van der Waals surface area contributed by atoms with Crippen LogP contribution in [0.2, 0.25) is 0 Å². The van der Waals surface area contributed by atoms with Crippen LogP contribution in [-0.4, -0.2) is 0 Å². The lowest BCUT2D eigenvalue weighted by molar-refractivity contribution is 0.289. The summed E-state index contributed by atoms with van der Waals surface area (Å²) in [6.45, 7) is 6.80. The van der Waals surface area contributed by atoms with Crippen LogP contribution in [-0.2, 0) is 13.2 Å². The molecular formula is C25H22N2O2. The predicted molar refractivity (Wildman–Crippen MR) is 112 cm³/mol. The Hall–Kier alpha value is -3.76. The molecule has 4 heteroatoms. The molecule has 0 amide bonds. The maximum absolute atomic E-state index is 8.99. The Morgan fingerprint density at radius 1 is 0.655 bits per heavy atom. The minimum Gasteiger partial charge on any atom is -0.489 e. The smallest absolute Gasteiger partial charge is 0.123 e. The van der Waals surface area contributed by atoms with E-state index in [1.165, 1.54) is 0 Å². The average Bonchev–Trinajstić information content (AvgIpc) is 2.71. The minimum atomic E-state index is 0.426. The zero-order valence-electron chi connectivity index (χ0n) is 16.8. The average molecular weight is 382 g/mol. The third-order valence-corrected chi connectivity index (χ3v) is 4.76. The third kappa shape index (κ3) is 5.15. The predicted octanol–water partition coefficient (Wildman–Crippen LogP) is 5.51. The van der Waals surface area contributed by atoms with Crippen LogP contribution in [0, 0.1) is 43.4 Å². The van der Waals surface area contributed by atoms with E-state index in [-0.39, 0.29) is 0 Å². The number of aryl methyl sites for hydroxylation is 3. The molecule has 0 radical (unpaired) electrons. The second-order valence-electron chi connectivity index (χ2n) is 7.07. The molecular weight excluding hydrogens is 360 g/mol. The number of rotatable bonds is 6. The Morgan fingerprint density at radius 2 is 1.10 bits per heavy atom. The summed E-state index contributed by atoms with van der Waals surface area (Å²) in [5.41, 5.74) is 6.49. The summed E-state index contributed by atoms with van der Waals surface area (Å²) in [6, 6.07) is 21.3. The van der Waals surface area contributed by atoms with Gasteiger partial charge in [-0.15, -0.1) is 0 Å². The first kappa shape index (κ1) is 20.0. The molecule has 0 atom stereocenters. The van der Waals surface area contributed by atoms with E-state index in [1.54, 1.807) is 12.1 Å². The molecule has 0 fully saturated rings. The number of nitrogens with zero attached hydrogens (tertiary/aromatic N) is 2. The molecule has 0 N–H and O–H groups in total. The molecule has 3 rings (SSSR count). The Morgan fingerprint density at radius 3 is 1.48 bits per heavy atom. The van der Waals surface area contributed by atoms with E-state index in [4.69, 9.17) is 20.0 Å². The number of benzene rings is 3. The molecule has 144 valence electrons. The quantitative estimate of drug-likeness (QED) is 0.563. The topological polar surface area (TPSA) is 66.0 Å². The molecule has 0 saturated heterocycles. The summed E-state index contributed by atoms with van der Waals surface area (Å²) in [7, 11) is 0. The van der Waals surface area contributed by atoms with E-state index in [1.807, 2.05) is 63.2 Å². The van der Waals surface area contributed by atoms with Gasteiger partial charge in [-0.25, -0.2) is 0 Å². The van der Waals surface area contributed by atoms with Gasteiger partial charge in [-0.3, -0.25) is 0 Å². The van der Waals surface area contributed by atoms with Gasteiger partial charge >= 0.3 is 0 Å². The molecule has 4 nitrogen and oxygen atoms in total. The summed E-state index contributed by atoms with van der Waals surface area (Å²) in [5, 5.41) is 18.0. The number of nitriles is 2. The third-order valence-electron chi connectivity index (χ3n) is 4.76. The molecule has 0 aromatic heterocycles. The standard InChI is InChI=1S/C25H22N2O2/c1-17-8-24(28-15-22-6-4-20(13-26)10-18(22)2)12-25(9-17)29-16-23-7-5-21(14-27)11-19(23)3/h4-12H,15-16H2,1-3H3. The molecule has 0 unspecified atom stereocenters. The van der Waals surface area contributed by atoms with Crippen LogP contribution in [0.1, 0.15) is 38.9 Å². The van der Waals surface area contributed by atoms with E-state index >= 15 is 0 Å². The van der Waals surface area contributed by atoms with Crippen LogP contribution in [0.15, 0.2) is 54.6 Å². The highest BCUT2D eigenvalue weighted by atomic mass is 16.5. The van der Waals surface area contributed by atoms with Crippen molar-refractivity contribution in [2.75, 3.05) is 0 Å². The minimum absolute atomic E-state index is 0.426. The van der Waals surface area contributed by atoms with Crippen LogP contribution in [0.5, 0.6) is 11.5 Å². The van der Waals surface area contributed by atoms with Gasteiger partial charge in [0.25, 0.3) is 0 Å². The molecule has 0 aliphatic rings. The van der Waals surface area contributed by atoms with Crippen molar-refractivity contribution in [3.63, 3.8) is 0 Å². The van der Waals surface area contributed by atoms with Crippen molar-refractivity contribution in [3.8, 4) is 23.6 Å². The molecule has 0 aliphatic heterocycles. The number of hydrogen-bond donors (Lipinski definition) is 0. The van der Waals surface area contributed by atoms with Crippen molar-refractivity contribution in [3.05, 3.63) is 93.5 Å². The summed E-state index contributed by atoms with van der Waals surface area (Å²) in [4.78, 5) is 0. The maximum atomic E-state index is 8.99. The fraction of sp³-hybridized carbons (Fsp3) is 0.200. The van der Waals surface area contributed by atoms with E-state index < -0.39 is 0 Å². The van der Waals surface area contributed by atoms with Crippen LogP contribution < -0.4 is 9.47 Å². The summed E-state index contributed by atoms with van der Waals surface area (Å²) in [6.07, 6.45) is 0. The molecule has 0 aliphatic carbocycles. The highest BCUT2D eigenvalue weighted by molar-refractivity contribution is 5.41. The second kappa shape index (κ2) is 8.95. The normalized spacial score (nSPS) is 10.1. The van der Waals surface area contributed by atoms with Crippen LogP contribution in [0.4, 0.5) is 0 Å². The molecule has 0 saturated carbocycles. The zero-order valence-corrected chi connectivity index (χ0v) is 16.8. The lowest BCUT2D eigenvalue weighted by Gasteiger charge is -2.13. The first-order valence-electron chi connectivity index (χ1n) is 9.35. The van der Waals surface area contributed by atoms with Crippen molar-refractivity contribution in [1.82, 2.24) is 0 Å². The molecule has 3 aromatic carbocycles. The Labute approximate surface area is 171 Å². The molecule has 3 aromatic rings. The van der Waals surface area contributed by atoms with Gasteiger partial charge < -0.3 is 9.47 Å². The Balaban J connectivity index is 1.68. The van der Waals surface area contributed by atoms with E-state index in [9.17, 15) is 0 Å². The first-order valence-corrected chi connectivity index (χ1v) is 9.35. The SMILES string of the molecule is Cc1cc(OCc2ccc(C#N)cc2C)cc(OCc2ccc(C#N)cc2C)c1. The fourth-order valence-electron chi connectivity index (χ4n) is 3.06. The van der Waals surface area contributed by atoms with Gasteiger partial charge in [0.1, 0.15) is 24.7 Å². The van der Waals surface area contributed by atoms with Crippen LogP contribution in [0.3, 0.4) is 0 Å². The highest BCUT2D eigenvalue weighted by Crippen LogP contribution is 2.25. The summed E-state index contributed by atoms with van der Waals surface area (Å²) < 4.78 is 11.9. The molecule has 0 heterocycles. The van der Waals surface area contributed by atoms with Crippen LogP contribution in [0.25, 0.3) is 0 Å². The van der Waals surface area contributed by atoms with Gasteiger partial charge in [-0.1, -0.05) is 12.1 Å². The molecule has 0 bridgehead atoms. The van der Waals surface area contributed by atoms with Crippen molar-refractivity contribution in [1.29, 1.82) is 10.5 Å². The van der Waals surface area contributed by atoms with Crippen molar-refractivity contribution >= 4 is 0 Å². The van der Waals surface area contributed by atoms with Crippen molar-refractivity contribution in [2.45, 2.75) is 34.0 Å². The lowest BCUT2D eigenvalue weighted by atomic mass is 10.1. The Kier molecular flexibility index (Phi) is 6.17. The van der Waals surface area contributed by atoms with Crippen LogP contribution >= 0.6 is 0 Å². The van der Waals surface area contributed by atoms with E-state index in [0.717, 1.165) is 39.3 Å². The van der Waals surface area contributed by atoms with E-state index in [0.29, 0.717) is 24.3 Å². The summed E-state index contributed by atoms with van der Waals surface area (Å²) in [5.74, 6) is 1.47.